The number of aromatic nitrogens is 1. The standard InChI is InChI=1S/C14H15FN2/c15-12-2-1-11-8-17-9-14(13(11)7-12)10-3-5-16-6-4-10/h1-2,7-10,16H,3-6H2. The van der Waals surface area contributed by atoms with Crippen LogP contribution in [0.3, 0.4) is 0 Å². The topological polar surface area (TPSA) is 24.9 Å². The van der Waals surface area contributed by atoms with Crippen LogP contribution in [0, 0.1) is 5.82 Å². The smallest absolute Gasteiger partial charge is 0.123 e. The van der Waals surface area contributed by atoms with Crippen molar-refractivity contribution in [2.45, 2.75) is 18.8 Å². The Morgan fingerprint density at radius 2 is 2.00 bits per heavy atom. The van der Waals surface area contributed by atoms with Crippen molar-refractivity contribution in [1.82, 2.24) is 10.3 Å². The molecule has 17 heavy (non-hydrogen) atoms. The van der Waals surface area contributed by atoms with Gasteiger partial charge in [-0.2, -0.15) is 0 Å². The predicted octanol–water partition coefficient (Wildman–Crippen LogP) is 2.84. The molecular formula is C14H15FN2. The van der Waals surface area contributed by atoms with Crippen molar-refractivity contribution in [1.29, 1.82) is 0 Å². The molecule has 1 aliphatic heterocycles. The van der Waals surface area contributed by atoms with Gasteiger partial charge in [0.2, 0.25) is 0 Å². The predicted molar refractivity (Wildman–Crippen MR) is 66.5 cm³/mol. The lowest BCUT2D eigenvalue weighted by atomic mass is 9.88. The van der Waals surface area contributed by atoms with Crippen LogP contribution in [0.5, 0.6) is 0 Å². The minimum absolute atomic E-state index is 0.168. The van der Waals surface area contributed by atoms with Crippen molar-refractivity contribution in [2.24, 2.45) is 0 Å². The highest BCUT2D eigenvalue weighted by atomic mass is 19.1. The Labute approximate surface area is 99.9 Å². The fraction of sp³-hybridized carbons (Fsp3) is 0.357. The average molecular weight is 230 g/mol. The molecule has 2 heterocycles. The second-order valence-corrected chi connectivity index (χ2v) is 4.62. The molecule has 0 unspecified atom stereocenters. The van der Waals surface area contributed by atoms with Crippen molar-refractivity contribution in [3.05, 3.63) is 42.0 Å². The van der Waals surface area contributed by atoms with Gasteiger partial charge in [0.1, 0.15) is 5.82 Å². The fourth-order valence-electron chi connectivity index (χ4n) is 2.62. The monoisotopic (exact) mass is 230 g/mol. The molecule has 3 rings (SSSR count). The van der Waals surface area contributed by atoms with E-state index < -0.39 is 0 Å². The van der Waals surface area contributed by atoms with E-state index in [9.17, 15) is 4.39 Å². The van der Waals surface area contributed by atoms with Crippen molar-refractivity contribution >= 4 is 10.8 Å². The Kier molecular flexibility index (Phi) is 2.77. The average Bonchev–Trinajstić information content (AvgIpc) is 2.39. The summed E-state index contributed by atoms with van der Waals surface area (Å²) in [6.07, 6.45) is 5.92. The summed E-state index contributed by atoms with van der Waals surface area (Å²) in [7, 11) is 0. The molecule has 0 aliphatic carbocycles. The van der Waals surface area contributed by atoms with Gasteiger partial charge in [0.05, 0.1) is 0 Å². The van der Waals surface area contributed by atoms with Crippen LogP contribution in [0.2, 0.25) is 0 Å². The van der Waals surface area contributed by atoms with E-state index in [-0.39, 0.29) is 5.82 Å². The molecule has 2 aromatic rings. The van der Waals surface area contributed by atoms with Gasteiger partial charge < -0.3 is 5.32 Å². The first-order chi connectivity index (χ1) is 8.34. The van der Waals surface area contributed by atoms with Gasteiger partial charge in [-0.3, -0.25) is 4.98 Å². The maximum Gasteiger partial charge on any atom is 0.123 e. The zero-order valence-corrected chi connectivity index (χ0v) is 9.62. The highest BCUT2D eigenvalue weighted by Gasteiger charge is 2.17. The fourth-order valence-corrected chi connectivity index (χ4v) is 2.62. The number of fused-ring (bicyclic) bond motifs is 1. The van der Waals surface area contributed by atoms with E-state index in [0.29, 0.717) is 5.92 Å². The zero-order valence-electron chi connectivity index (χ0n) is 9.62. The van der Waals surface area contributed by atoms with Crippen LogP contribution in [0.25, 0.3) is 10.8 Å². The minimum atomic E-state index is -0.168. The largest absolute Gasteiger partial charge is 0.317 e. The Morgan fingerprint density at radius 3 is 2.82 bits per heavy atom. The van der Waals surface area contributed by atoms with E-state index in [2.05, 4.69) is 10.3 Å². The SMILES string of the molecule is Fc1ccc2cncc(C3CCNCC3)c2c1. The zero-order chi connectivity index (χ0) is 11.7. The molecular weight excluding hydrogens is 215 g/mol. The molecule has 1 aromatic carbocycles. The Bertz CT molecular complexity index is 533. The Hall–Kier alpha value is -1.48. The van der Waals surface area contributed by atoms with Gasteiger partial charge in [-0.15, -0.1) is 0 Å². The minimum Gasteiger partial charge on any atom is -0.317 e. The third-order valence-electron chi connectivity index (χ3n) is 3.53. The first-order valence-electron chi connectivity index (χ1n) is 6.08. The molecule has 3 heteroatoms. The number of pyridine rings is 1. The molecule has 0 bridgehead atoms. The van der Waals surface area contributed by atoms with Crippen LogP contribution in [0.15, 0.2) is 30.6 Å². The summed E-state index contributed by atoms with van der Waals surface area (Å²) in [5.74, 6) is 0.341. The molecule has 88 valence electrons. The summed E-state index contributed by atoms with van der Waals surface area (Å²) < 4.78 is 13.4. The van der Waals surface area contributed by atoms with Gasteiger partial charge in [-0.1, -0.05) is 0 Å². The normalized spacial score (nSPS) is 17.5. The molecule has 1 aromatic heterocycles. The first-order valence-corrected chi connectivity index (χ1v) is 6.08. The van der Waals surface area contributed by atoms with E-state index in [4.69, 9.17) is 0 Å². The number of hydrogen-bond donors (Lipinski definition) is 1. The van der Waals surface area contributed by atoms with Gasteiger partial charge in [0, 0.05) is 17.8 Å². The van der Waals surface area contributed by atoms with E-state index in [1.165, 1.54) is 11.6 Å². The lowest BCUT2D eigenvalue weighted by Crippen LogP contribution is -2.26. The molecule has 0 radical (unpaired) electrons. The second kappa shape index (κ2) is 4.41. The summed E-state index contributed by atoms with van der Waals surface area (Å²) in [6, 6.07) is 4.94. The quantitative estimate of drug-likeness (QED) is 0.814. The lowest BCUT2D eigenvalue weighted by molar-refractivity contribution is 0.461. The number of nitrogens with one attached hydrogen (secondary N) is 1. The van der Waals surface area contributed by atoms with Gasteiger partial charge >= 0.3 is 0 Å². The number of halogens is 1. The first kappa shape index (κ1) is 10.7. The highest BCUT2D eigenvalue weighted by Crippen LogP contribution is 2.30. The van der Waals surface area contributed by atoms with E-state index in [1.54, 1.807) is 12.3 Å². The summed E-state index contributed by atoms with van der Waals surface area (Å²) in [6.45, 7) is 2.08. The maximum absolute atomic E-state index is 13.4. The highest BCUT2D eigenvalue weighted by molar-refractivity contribution is 5.85. The Balaban J connectivity index is 2.11. The summed E-state index contributed by atoms with van der Waals surface area (Å²) >= 11 is 0. The number of hydrogen-bond acceptors (Lipinski definition) is 2. The van der Waals surface area contributed by atoms with Crippen molar-refractivity contribution in [3.8, 4) is 0 Å². The molecule has 1 aliphatic rings. The van der Waals surface area contributed by atoms with Crippen LogP contribution in [-0.2, 0) is 0 Å². The lowest BCUT2D eigenvalue weighted by Gasteiger charge is -2.23. The maximum atomic E-state index is 13.4. The molecule has 0 atom stereocenters. The van der Waals surface area contributed by atoms with Crippen LogP contribution < -0.4 is 5.32 Å². The molecule has 0 saturated carbocycles. The number of piperidine rings is 1. The van der Waals surface area contributed by atoms with Crippen molar-refractivity contribution in [3.63, 3.8) is 0 Å². The van der Waals surface area contributed by atoms with Crippen molar-refractivity contribution in [2.75, 3.05) is 13.1 Å². The molecule has 0 amide bonds. The third kappa shape index (κ3) is 2.03. The van der Waals surface area contributed by atoms with E-state index in [0.717, 1.165) is 36.7 Å². The van der Waals surface area contributed by atoms with Crippen LogP contribution in [0.4, 0.5) is 4.39 Å². The van der Waals surface area contributed by atoms with Crippen LogP contribution >= 0.6 is 0 Å². The van der Waals surface area contributed by atoms with Crippen molar-refractivity contribution < 1.29 is 4.39 Å². The number of benzene rings is 1. The molecule has 1 saturated heterocycles. The second-order valence-electron chi connectivity index (χ2n) is 4.62. The summed E-state index contributed by atoms with van der Waals surface area (Å²) in [5, 5.41) is 5.40. The van der Waals surface area contributed by atoms with Gasteiger partial charge in [0.25, 0.3) is 0 Å². The molecule has 1 fully saturated rings. The summed E-state index contributed by atoms with van der Waals surface area (Å²) in [5.41, 5.74) is 1.20. The summed E-state index contributed by atoms with van der Waals surface area (Å²) in [4.78, 5) is 4.27. The van der Waals surface area contributed by atoms with E-state index in [1.807, 2.05) is 12.3 Å². The van der Waals surface area contributed by atoms with Gasteiger partial charge in [-0.25, -0.2) is 4.39 Å². The van der Waals surface area contributed by atoms with Crippen LogP contribution in [0.1, 0.15) is 24.3 Å². The Morgan fingerprint density at radius 1 is 1.18 bits per heavy atom. The molecule has 0 spiro atoms. The molecule has 2 nitrogen and oxygen atoms in total. The number of nitrogens with zero attached hydrogens (tertiary/aromatic N) is 1. The third-order valence-corrected chi connectivity index (χ3v) is 3.53. The number of rotatable bonds is 1. The van der Waals surface area contributed by atoms with E-state index >= 15 is 0 Å². The molecule has 1 N–H and O–H groups in total. The van der Waals surface area contributed by atoms with Gasteiger partial charge in [-0.05, 0) is 61.0 Å². The van der Waals surface area contributed by atoms with Gasteiger partial charge in [0.15, 0.2) is 0 Å². The van der Waals surface area contributed by atoms with Crippen LogP contribution in [-0.4, -0.2) is 18.1 Å².